The molecule has 0 unspecified atom stereocenters. The van der Waals surface area contributed by atoms with Gasteiger partial charge in [-0.05, 0) is 12.1 Å². The second kappa shape index (κ2) is 8.24. The number of nitrogens with two attached hydrogens (primary N) is 1. The van der Waals surface area contributed by atoms with Crippen LogP contribution in [0.25, 0.3) is 0 Å². The SMILES string of the molecule is COc1cccc(C=NNC(=O)c2nc(Cl)c(Cl)c(N)c2Cl)c1OC. The minimum Gasteiger partial charge on any atom is -0.493 e. The summed E-state index contributed by atoms with van der Waals surface area (Å²) in [7, 11) is 3.01. The van der Waals surface area contributed by atoms with Crippen molar-refractivity contribution in [3.63, 3.8) is 0 Å². The van der Waals surface area contributed by atoms with Gasteiger partial charge in [-0.3, -0.25) is 4.79 Å². The first-order valence-corrected chi connectivity index (χ1v) is 7.88. The van der Waals surface area contributed by atoms with Gasteiger partial charge in [0.15, 0.2) is 22.3 Å². The molecular weight excluding hydrogens is 391 g/mol. The molecule has 7 nitrogen and oxygen atoms in total. The van der Waals surface area contributed by atoms with Crippen LogP contribution in [-0.4, -0.2) is 31.3 Å². The number of hydrazone groups is 1. The Kier molecular flexibility index (Phi) is 6.30. The number of nitrogen functional groups attached to an aromatic ring is 1. The van der Waals surface area contributed by atoms with E-state index in [4.69, 9.17) is 50.0 Å². The monoisotopic (exact) mass is 402 g/mol. The molecule has 2 rings (SSSR count). The second-order valence-electron chi connectivity index (χ2n) is 4.57. The van der Waals surface area contributed by atoms with E-state index in [2.05, 4.69) is 15.5 Å². The van der Waals surface area contributed by atoms with Crippen LogP contribution in [0.2, 0.25) is 15.2 Å². The predicted molar refractivity (Wildman–Crippen MR) is 98.3 cm³/mol. The summed E-state index contributed by atoms with van der Waals surface area (Å²) >= 11 is 17.6. The number of benzene rings is 1. The summed E-state index contributed by atoms with van der Waals surface area (Å²) in [6.45, 7) is 0. The zero-order valence-corrected chi connectivity index (χ0v) is 15.4. The lowest BCUT2D eigenvalue weighted by Crippen LogP contribution is -2.20. The largest absolute Gasteiger partial charge is 0.493 e. The first-order chi connectivity index (χ1) is 11.9. The number of carbonyl (C=O) groups excluding carboxylic acids is 1. The number of amides is 1. The smallest absolute Gasteiger partial charge is 0.291 e. The Morgan fingerprint density at radius 1 is 1.24 bits per heavy atom. The summed E-state index contributed by atoms with van der Waals surface area (Å²) < 4.78 is 10.4. The third kappa shape index (κ3) is 4.07. The first kappa shape index (κ1) is 19.1. The summed E-state index contributed by atoms with van der Waals surface area (Å²) in [4.78, 5) is 16.0. The molecule has 0 saturated carbocycles. The van der Waals surface area contributed by atoms with Gasteiger partial charge in [-0.1, -0.05) is 40.9 Å². The molecule has 0 aliphatic heterocycles. The molecule has 0 aliphatic carbocycles. The highest BCUT2D eigenvalue weighted by Gasteiger charge is 2.19. The van der Waals surface area contributed by atoms with Crippen LogP contribution in [0.5, 0.6) is 11.5 Å². The van der Waals surface area contributed by atoms with Gasteiger partial charge in [-0.15, -0.1) is 0 Å². The predicted octanol–water partition coefficient (Wildman–Crippen LogP) is 3.41. The lowest BCUT2D eigenvalue weighted by Gasteiger charge is -2.10. The third-order valence-electron chi connectivity index (χ3n) is 3.09. The Hall–Kier alpha value is -2.22. The van der Waals surface area contributed by atoms with E-state index in [-0.39, 0.29) is 26.6 Å². The zero-order valence-electron chi connectivity index (χ0n) is 13.1. The van der Waals surface area contributed by atoms with Crippen molar-refractivity contribution >= 4 is 52.6 Å². The first-order valence-electron chi connectivity index (χ1n) is 6.75. The van der Waals surface area contributed by atoms with Gasteiger partial charge in [-0.2, -0.15) is 5.10 Å². The van der Waals surface area contributed by atoms with Crippen LogP contribution in [0.15, 0.2) is 23.3 Å². The average Bonchev–Trinajstić information content (AvgIpc) is 2.62. The van der Waals surface area contributed by atoms with Crippen LogP contribution in [-0.2, 0) is 0 Å². The number of para-hydroxylation sites is 1. The standard InChI is InChI=1S/C15H13Cl3N4O3/c1-24-8-5-3-4-7(13(8)25-2)6-20-22-15(23)12-9(16)11(19)10(17)14(18)21-12/h3-6H,1-2H3,(H2,19,21)(H,22,23). The topological polar surface area (TPSA) is 98.8 Å². The summed E-state index contributed by atoms with van der Waals surface area (Å²) in [5.41, 5.74) is 8.32. The lowest BCUT2D eigenvalue weighted by molar-refractivity contribution is 0.0950. The van der Waals surface area contributed by atoms with E-state index in [0.717, 1.165) is 0 Å². The lowest BCUT2D eigenvalue weighted by atomic mass is 10.2. The fraction of sp³-hybridized carbons (Fsp3) is 0.133. The summed E-state index contributed by atoms with van der Waals surface area (Å²) in [5.74, 6) is 0.297. The molecule has 1 amide bonds. The van der Waals surface area contributed by atoms with Gasteiger partial charge in [0.05, 0.1) is 31.1 Å². The molecule has 0 bridgehead atoms. The van der Waals surface area contributed by atoms with Gasteiger partial charge in [0, 0.05) is 5.56 Å². The minimum absolute atomic E-state index is 0.0205. The average molecular weight is 404 g/mol. The molecular formula is C15H13Cl3N4O3. The number of hydrogen-bond donors (Lipinski definition) is 2. The highest BCUT2D eigenvalue weighted by Crippen LogP contribution is 2.34. The number of ether oxygens (including phenoxy) is 2. The molecule has 1 aromatic heterocycles. The molecule has 0 saturated heterocycles. The normalized spacial score (nSPS) is 10.8. The van der Waals surface area contributed by atoms with E-state index in [1.54, 1.807) is 18.2 Å². The number of pyridine rings is 1. The fourth-order valence-corrected chi connectivity index (χ4v) is 2.50. The third-order valence-corrected chi connectivity index (χ3v) is 4.23. The maximum atomic E-state index is 12.2. The van der Waals surface area contributed by atoms with Gasteiger partial charge in [0.25, 0.3) is 5.91 Å². The van der Waals surface area contributed by atoms with Gasteiger partial charge < -0.3 is 15.2 Å². The van der Waals surface area contributed by atoms with E-state index in [1.165, 1.54) is 20.4 Å². The molecule has 0 atom stereocenters. The minimum atomic E-state index is -0.701. The van der Waals surface area contributed by atoms with E-state index < -0.39 is 5.91 Å². The molecule has 10 heteroatoms. The zero-order chi connectivity index (χ0) is 18.6. The molecule has 3 N–H and O–H groups in total. The highest BCUT2D eigenvalue weighted by molar-refractivity contribution is 6.46. The van der Waals surface area contributed by atoms with E-state index in [9.17, 15) is 4.79 Å². The van der Waals surface area contributed by atoms with Crippen molar-refractivity contribution in [1.29, 1.82) is 0 Å². The van der Waals surface area contributed by atoms with Crippen molar-refractivity contribution in [3.8, 4) is 11.5 Å². The molecule has 1 heterocycles. The number of hydrogen-bond acceptors (Lipinski definition) is 6. The Morgan fingerprint density at radius 2 is 1.96 bits per heavy atom. The van der Waals surface area contributed by atoms with Crippen LogP contribution < -0.4 is 20.6 Å². The number of rotatable bonds is 5. The molecule has 0 radical (unpaired) electrons. The number of nitrogens with one attached hydrogen (secondary N) is 1. The van der Waals surface area contributed by atoms with Crippen molar-refractivity contribution < 1.29 is 14.3 Å². The Morgan fingerprint density at radius 3 is 2.60 bits per heavy atom. The van der Waals surface area contributed by atoms with Crippen LogP contribution >= 0.6 is 34.8 Å². The fourth-order valence-electron chi connectivity index (χ4n) is 1.91. The van der Waals surface area contributed by atoms with Gasteiger partial charge in [0.2, 0.25) is 0 Å². The Bertz CT molecular complexity index is 843. The summed E-state index contributed by atoms with van der Waals surface area (Å²) in [5, 5.41) is 3.59. The molecule has 0 aliphatic rings. The highest BCUT2D eigenvalue weighted by atomic mass is 35.5. The summed E-state index contributed by atoms with van der Waals surface area (Å²) in [6, 6.07) is 5.22. The molecule has 2 aromatic rings. The van der Waals surface area contributed by atoms with Crippen LogP contribution in [0.1, 0.15) is 16.1 Å². The van der Waals surface area contributed by atoms with Gasteiger partial charge in [-0.25, -0.2) is 10.4 Å². The number of anilines is 1. The van der Waals surface area contributed by atoms with Crippen molar-refractivity contribution in [1.82, 2.24) is 10.4 Å². The summed E-state index contributed by atoms with van der Waals surface area (Å²) in [6.07, 6.45) is 1.38. The van der Waals surface area contributed by atoms with Gasteiger partial charge in [0.1, 0.15) is 5.02 Å². The van der Waals surface area contributed by atoms with Crippen molar-refractivity contribution in [2.24, 2.45) is 5.10 Å². The van der Waals surface area contributed by atoms with Crippen LogP contribution in [0, 0.1) is 0 Å². The number of methoxy groups -OCH3 is 2. The number of aromatic nitrogens is 1. The van der Waals surface area contributed by atoms with E-state index in [1.807, 2.05) is 0 Å². The van der Waals surface area contributed by atoms with Crippen molar-refractivity contribution in [2.75, 3.05) is 20.0 Å². The number of carbonyl (C=O) groups is 1. The van der Waals surface area contributed by atoms with Crippen molar-refractivity contribution in [2.45, 2.75) is 0 Å². The molecule has 1 aromatic carbocycles. The Balaban J connectivity index is 2.23. The number of halogens is 3. The quantitative estimate of drug-likeness (QED) is 0.453. The maximum Gasteiger partial charge on any atom is 0.291 e. The van der Waals surface area contributed by atoms with Crippen LogP contribution in [0.4, 0.5) is 5.69 Å². The molecule has 0 fully saturated rings. The molecule has 0 spiro atoms. The molecule has 132 valence electrons. The van der Waals surface area contributed by atoms with E-state index in [0.29, 0.717) is 17.1 Å². The van der Waals surface area contributed by atoms with Crippen LogP contribution in [0.3, 0.4) is 0 Å². The molecule has 25 heavy (non-hydrogen) atoms. The van der Waals surface area contributed by atoms with E-state index >= 15 is 0 Å². The van der Waals surface area contributed by atoms with Gasteiger partial charge >= 0.3 is 0 Å². The number of nitrogens with zero attached hydrogens (tertiary/aromatic N) is 2. The maximum absolute atomic E-state index is 12.2. The van der Waals surface area contributed by atoms with Crippen molar-refractivity contribution in [3.05, 3.63) is 44.7 Å². The Labute approximate surface area is 158 Å². The second-order valence-corrected chi connectivity index (χ2v) is 5.69.